The Kier molecular flexibility index (Phi) is 3.31. The highest BCUT2D eigenvalue weighted by molar-refractivity contribution is 5.85. The van der Waals surface area contributed by atoms with Gasteiger partial charge in [0.05, 0.1) is 0 Å². The van der Waals surface area contributed by atoms with E-state index in [1.54, 1.807) is 0 Å². The molecule has 0 aromatic carbocycles. The molecule has 4 rings (SSSR count). The predicted octanol–water partition coefficient (Wildman–Crippen LogP) is 1.43. The molecule has 0 spiro atoms. The van der Waals surface area contributed by atoms with Crippen LogP contribution in [0.1, 0.15) is 25.7 Å². The van der Waals surface area contributed by atoms with E-state index in [1.807, 2.05) is 0 Å². The molecule has 18 heavy (non-hydrogen) atoms. The minimum Gasteiger partial charge on any atom is -0.356 e. The predicted molar refractivity (Wildman–Crippen MR) is 72.5 cm³/mol. The molecule has 0 aromatic rings. The molecule has 5 atom stereocenters. The summed E-state index contributed by atoms with van der Waals surface area (Å²) in [7, 11) is 0. The summed E-state index contributed by atoms with van der Waals surface area (Å²) in [4.78, 5) is 12.2. The number of carbonyl (C=O) groups is 1. The van der Waals surface area contributed by atoms with Crippen molar-refractivity contribution in [1.82, 2.24) is 10.6 Å². The van der Waals surface area contributed by atoms with Crippen molar-refractivity contribution in [2.24, 2.45) is 35.5 Å². The molecule has 1 heterocycles. The Bertz CT molecular complexity index is 327. The minimum absolute atomic E-state index is 0. The van der Waals surface area contributed by atoms with E-state index >= 15 is 0 Å². The molecule has 1 amide bonds. The quantitative estimate of drug-likeness (QED) is 0.815. The molecule has 1 saturated heterocycles. The molecular weight excluding hydrogens is 248 g/mol. The molecule has 3 aliphatic carbocycles. The van der Waals surface area contributed by atoms with Crippen LogP contribution in [0, 0.1) is 35.5 Å². The first-order chi connectivity index (χ1) is 8.34. The smallest absolute Gasteiger partial charge is 0.223 e. The lowest BCUT2D eigenvalue weighted by molar-refractivity contribution is -0.123. The molecule has 1 aliphatic heterocycles. The number of hydrogen-bond acceptors (Lipinski definition) is 2. The lowest BCUT2D eigenvalue weighted by Crippen LogP contribution is -2.32. The third kappa shape index (κ3) is 1.87. The van der Waals surface area contributed by atoms with Gasteiger partial charge < -0.3 is 10.6 Å². The zero-order valence-corrected chi connectivity index (χ0v) is 11.5. The molecule has 0 aromatic heterocycles. The average Bonchev–Trinajstić information content (AvgIpc) is 2.80. The Morgan fingerprint density at radius 1 is 1.17 bits per heavy atom. The topological polar surface area (TPSA) is 41.1 Å². The lowest BCUT2D eigenvalue weighted by Gasteiger charge is -2.12. The molecule has 4 fully saturated rings. The fourth-order valence-electron chi connectivity index (χ4n) is 4.93. The number of amides is 1. The Morgan fingerprint density at radius 3 is 2.50 bits per heavy atom. The van der Waals surface area contributed by atoms with Crippen molar-refractivity contribution in [3.63, 3.8) is 0 Å². The summed E-state index contributed by atoms with van der Waals surface area (Å²) in [6.45, 7) is 3.11. The van der Waals surface area contributed by atoms with Crippen molar-refractivity contribution in [1.29, 1.82) is 0 Å². The summed E-state index contributed by atoms with van der Waals surface area (Å²) < 4.78 is 0. The van der Waals surface area contributed by atoms with Crippen molar-refractivity contribution in [2.75, 3.05) is 19.6 Å². The van der Waals surface area contributed by atoms with Crippen LogP contribution >= 0.6 is 12.4 Å². The largest absolute Gasteiger partial charge is 0.356 e. The Hall–Kier alpha value is -0.280. The molecular formula is C14H23ClN2O. The summed E-state index contributed by atoms with van der Waals surface area (Å²) in [5.74, 6) is 4.86. The fraction of sp³-hybridized carbons (Fsp3) is 0.929. The first-order valence-electron chi connectivity index (χ1n) is 7.33. The highest BCUT2D eigenvalue weighted by atomic mass is 35.5. The summed E-state index contributed by atoms with van der Waals surface area (Å²) in [6, 6.07) is 0. The normalized spacial score (nSPS) is 47.6. The highest BCUT2D eigenvalue weighted by Gasteiger charge is 2.67. The summed E-state index contributed by atoms with van der Waals surface area (Å²) in [5.41, 5.74) is 0. The van der Waals surface area contributed by atoms with Gasteiger partial charge in [0.1, 0.15) is 0 Å². The van der Waals surface area contributed by atoms with Crippen molar-refractivity contribution in [2.45, 2.75) is 25.7 Å². The summed E-state index contributed by atoms with van der Waals surface area (Å²) in [5, 5.41) is 6.56. The summed E-state index contributed by atoms with van der Waals surface area (Å²) >= 11 is 0. The number of rotatable bonds is 3. The zero-order valence-electron chi connectivity index (χ0n) is 10.7. The second-order valence-electron chi connectivity index (χ2n) is 6.62. The van der Waals surface area contributed by atoms with Crippen LogP contribution in [0.25, 0.3) is 0 Å². The second kappa shape index (κ2) is 4.68. The molecule has 3 nitrogen and oxygen atoms in total. The van der Waals surface area contributed by atoms with Crippen molar-refractivity contribution >= 4 is 18.3 Å². The van der Waals surface area contributed by atoms with Gasteiger partial charge in [0, 0.05) is 12.5 Å². The molecule has 2 bridgehead atoms. The van der Waals surface area contributed by atoms with E-state index in [0.29, 0.717) is 17.7 Å². The highest BCUT2D eigenvalue weighted by Crippen LogP contribution is 2.69. The standard InChI is InChI=1S/C14H22N2O.ClH/c17-14(16-7-8-3-4-15-6-8)13-11-9-1-2-10(5-9)12(11)13;/h8-13,15H,1-7H2,(H,16,17);1H. The Morgan fingerprint density at radius 2 is 1.89 bits per heavy atom. The SMILES string of the molecule is Cl.O=C(NCC1CCNC1)C1C2C3CCC(C3)C12. The van der Waals surface area contributed by atoms with Crippen molar-refractivity contribution < 1.29 is 4.79 Å². The van der Waals surface area contributed by atoms with Crippen LogP contribution in [0.3, 0.4) is 0 Å². The first-order valence-corrected chi connectivity index (χ1v) is 7.33. The Labute approximate surface area is 115 Å². The third-order valence-corrected chi connectivity index (χ3v) is 5.77. The van der Waals surface area contributed by atoms with Gasteiger partial charge in [-0.15, -0.1) is 12.4 Å². The van der Waals surface area contributed by atoms with E-state index in [2.05, 4.69) is 10.6 Å². The number of carbonyl (C=O) groups excluding carboxylic acids is 1. The van der Waals surface area contributed by atoms with E-state index in [0.717, 1.165) is 43.3 Å². The Balaban J connectivity index is 0.000001000. The van der Waals surface area contributed by atoms with Gasteiger partial charge in [0.25, 0.3) is 0 Å². The van der Waals surface area contributed by atoms with Crippen molar-refractivity contribution in [3.8, 4) is 0 Å². The molecule has 4 heteroatoms. The van der Waals surface area contributed by atoms with Gasteiger partial charge in [-0.05, 0) is 68.4 Å². The number of nitrogens with one attached hydrogen (secondary N) is 2. The van der Waals surface area contributed by atoms with Crippen LogP contribution in [-0.4, -0.2) is 25.5 Å². The molecule has 5 unspecified atom stereocenters. The lowest BCUT2D eigenvalue weighted by atomic mass is 10.0. The van der Waals surface area contributed by atoms with Gasteiger partial charge in [0.2, 0.25) is 5.91 Å². The zero-order chi connectivity index (χ0) is 11.4. The van der Waals surface area contributed by atoms with E-state index in [4.69, 9.17) is 0 Å². The van der Waals surface area contributed by atoms with Crippen LogP contribution in [0.15, 0.2) is 0 Å². The fourth-order valence-corrected chi connectivity index (χ4v) is 4.93. The van der Waals surface area contributed by atoms with E-state index in [9.17, 15) is 4.79 Å². The van der Waals surface area contributed by atoms with Gasteiger partial charge in [-0.25, -0.2) is 0 Å². The van der Waals surface area contributed by atoms with Gasteiger partial charge in [-0.3, -0.25) is 4.79 Å². The van der Waals surface area contributed by atoms with Crippen molar-refractivity contribution in [3.05, 3.63) is 0 Å². The van der Waals surface area contributed by atoms with Gasteiger partial charge in [-0.1, -0.05) is 0 Å². The number of fused-ring (bicyclic) bond motifs is 5. The maximum Gasteiger partial charge on any atom is 0.223 e. The molecule has 2 N–H and O–H groups in total. The number of halogens is 1. The average molecular weight is 271 g/mol. The number of hydrogen-bond donors (Lipinski definition) is 2. The van der Waals surface area contributed by atoms with E-state index in [-0.39, 0.29) is 12.4 Å². The molecule has 4 aliphatic rings. The summed E-state index contributed by atoms with van der Waals surface area (Å²) in [6.07, 6.45) is 5.47. The monoisotopic (exact) mass is 270 g/mol. The maximum absolute atomic E-state index is 12.2. The molecule has 102 valence electrons. The van der Waals surface area contributed by atoms with Gasteiger partial charge in [0.15, 0.2) is 0 Å². The van der Waals surface area contributed by atoms with Crippen LogP contribution in [0.5, 0.6) is 0 Å². The molecule has 3 saturated carbocycles. The van der Waals surface area contributed by atoms with E-state index < -0.39 is 0 Å². The van der Waals surface area contributed by atoms with Gasteiger partial charge >= 0.3 is 0 Å². The second-order valence-corrected chi connectivity index (χ2v) is 6.62. The first kappa shape index (κ1) is 12.7. The van der Waals surface area contributed by atoms with E-state index in [1.165, 1.54) is 25.7 Å². The van der Waals surface area contributed by atoms with Crippen LogP contribution in [0.4, 0.5) is 0 Å². The minimum atomic E-state index is 0. The van der Waals surface area contributed by atoms with Gasteiger partial charge in [-0.2, -0.15) is 0 Å². The van der Waals surface area contributed by atoms with Crippen LogP contribution in [0.2, 0.25) is 0 Å². The maximum atomic E-state index is 12.2. The third-order valence-electron chi connectivity index (χ3n) is 5.77. The van der Waals surface area contributed by atoms with Crippen LogP contribution < -0.4 is 10.6 Å². The van der Waals surface area contributed by atoms with Crippen LogP contribution in [-0.2, 0) is 4.79 Å². The molecule has 0 radical (unpaired) electrons.